The molecule has 9 heteroatoms. The van der Waals surface area contributed by atoms with Gasteiger partial charge in [0.05, 0.1) is 11.9 Å². The van der Waals surface area contributed by atoms with Gasteiger partial charge in [0.15, 0.2) is 23.1 Å². The second kappa shape index (κ2) is 4.82. The first-order valence-corrected chi connectivity index (χ1v) is 5.24. The molecule has 20 heavy (non-hydrogen) atoms. The zero-order chi connectivity index (χ0) is 15.1. The second-order valence-corrected chi connectivity index (χ2v) is 3.86. The van der Waals surface area contributed by atoms with Gasteiger partial charge in [-0.05, 0) is 0 Å². The molecule has 0 fully saturated rings. The minimum Gasteiger partial charge on any atom is -0.326 e. The van der Waals surface area contributed by atoms with Crippen molar-refractivity contribution in [3.63, 3.8) is 0 Å². The lowest BCUT2D eigenvalue weighted by Gasteiger charge is -2.12. The fourth-order valence-corrected chi connectivity index (χ4v) is 1.69. The third-order valence-electron chi connectivity index (χ3n) is 2.55. The van der Waals surface area contributed by atoms with E-state index in [0.717, 1.165) is 6.20 Å². The average Bonchev–Trinajstić information content (AvgIpc) is 2.79. The standard InChI is InChI=1S/C11H7F6N3/c12-7-1-6(2-8(13)9(7)14)20-10(11(15,16)17)5(3-18)4-19-20/h1-2,4H,3,18H2. The molecule has 2 aromatic rings. The monoisotopic (exact) mass is 295 g/mol. The van der Waals surface area contributed by atoms with E-state index in [0.29, 0.717) is 12.1 Å². The van der Waals surface area contributed by atoms with E-state index in [1.54, 1.807) is 0 Å². The summed E-state index contributed by atoms with van der Waals surface area (Å²) < 4.78 is 78.0. The van der Waals surface area contributed by atoms with Crippen LogP contribution in [0.2, 0.25) is 0 Å². The molecule has 0 aliphatic heterocycles. The largest absolute Gasteiger partial charge is 0.433 e. The van der Waals surface area contributed by atoms with Crippen LogP contribution in [0.1, 0.15) is 11.3 Å². The highest BCUT2D eigenvalue weighted by Gasteiger charge is 2.38. The van der Waals surface area contributed by atoms with Gasteiger partial charge in [0, 0.05) is 24.2 Å². The Balaban J connectivity index is 2.68. The summed E-state index contributed by atoms with van der Waals surface area (Å²) in [6.45, 7) is -0.457. The molecule has 0 unspecified atom stereocenters. The van der Waals surface area contributed by atoms with Crippen molar-refractivity contribution in [3.05, 3.63) is 47.0 Å². The van der Waals surface area contributed by atoms with E-state index >= 15 is 0 Å². The van der Waals surface area contributed by atoms with Crippen molar-refractivity contribution < 1.29 is 26.3 Å². The maximum absolute atomic E-state index is 13.1. The first kappa shape index (κ1) is 14.4. The predicted molar refractivity (Wildman–Crippen MR) is 56.3 cm³/mol. The van der Waals surface area contributed by atoms with Crippen molar-refractivity contribution in [3.8, 4) is 5.69 Å². The molecule has 0 amide bonds. The van der Waals surface area contributed by atoms with Gasteiger partial charge in [-0.2, -0.15) is 18.3 Å². The molecule has 0 spiro atoms. The molecule has 0 aliphatic carbocycles. The summed E-state index contributed by atoms with van der Waals surface area (Å²) in [5.41, 5.74) is 2.97. The van der Waals surface area contributed by atoms with Crippen molar-refractivity contribution in [2.75, 3.05) is 0 Å². The summed E-state index contributed by atoms with van der Waals surface area (Å²) >= 11 is 0. The number of rotatable bonds is 2. The zero-order valence-electron chi connectivity index (χ0n) is 9.68. The second-order valence-electron chi connectivity index (χ2n) is 3.86. The van der Waals surface area contributed by atoms with Gasteiger partial charge < -0.3 is 5.73 Å². The number of halogens is 6. The summed E-state index contributed by atoms with van der Waals surface area (Å²) in [4.78, 5) is 0. The van der Waals surface area contributed by atoms with Crippen molar-refractivity contribution in [1.29, 1.82) is 0 Å². The van der Waals surface area contributed by atoms with Gasteiger partial charge >= 0.3 is 6.18 Å². The van der Waals surface area contributed by atoms with E-state index in [9.17, 15) is 26.3 Å². The first-order valence-electron chi connectivity index (χ1n) is 5.24. The van der Waals surface area contributed by atoms with Gasteiger partial charge in [-0.25, -0.2) is 17.9 Å². The Kier molecular flexibility index (Phi) is 3.46. The van der Waals surface area contributed by atoms with Crippen LogP contribution in [-0.4, -0.2) is 9.78 Å². The Hall–Kier alpha value is -2.03. The molecule has 1 aromatic heterocycles. The SMILES string of the molecule is NCc1cnn(-c2cc(F)c(F)c(F)c2)c1C(F)(F)F. The van der Waals surface area contributed by atoms with E-state index in [2.05, 4.69) is 5.10 Å². The van der Waals surface area contributed by atoms with Crippen LogP contribution in [0.5, 0.6) is 0 Å². The number of hydrogen-bond acceptors (Lipinski definition) is 2. The molecule has 2 N–H and O–H groups in total. The summed E-state index contributed by atoms with van der Waals surface area (Å²) in [5.74, 6) is -5.00. The maximum atomic E-state index is 13.1. The molecule has 0 saturated carbocycles. The minimum atomic E-state index is -4.83. The van der Waals surface area contributed by atoms with Crippen LogP contribution in [0, 0.1) is 17.5 Å². The number of nitrogens with two attached hydrogens (primary N) is 1. The molecule has 3 nitrogen and oxygen atoms in total. The molecule has 1 aromatic carbocycles. The van der Waals surface area contributed by atoms with E-state index in [4.69, 9.17) is 5.73 Å². The molecule has 0 atom stereocenters. The Morgan fingerprint density at radius 1 is 1.10 bits per heavy atom. The van der Waals surface area contributed by atoms with Gasteiger partial charge in [-0.1, -0.05) is 0 Å². The maximum Gasteiger partial charge on any atom is 0.433 e. The normalized spacial score (nSPS) is 11.9. The number of aromatic nitrogens is 2. The van der Waals surface area contributed by atoms with Crippen LogP contribution in [0.4, 0.5) is 26.3 Å². The lowest BCUT2D eigenvalue weighted by Crippen LogP contribution is -2.17. The Labute approximate surface area is 108 Å². The third kappa shape index (κ3) is 2.36. The fourth-order valence-electron chi connectivity index (χ4n) is 1.69. The summed E-state index contributed by atoms with van der Waals surface area (Å²) in [6, 6.07) is 0.835. The van der Waals surface area contributed by atoms with Gasteiger partial charge in [-0.15, -0.1) is 0 Å². The quantitative estimate of drug-likeness (QED) is 0.684. The zero-order valence-corrected chi connectivity index (χ0v) is 9.68. The van der Waals surface area contributed by atoms with Crippen molar-refractivity contribution in [2.24, 2.45) is 5.73 Å². The lowest BCUT2D eigenvalue weighted by molar-refractivity contribution is -0.143. The Bertz CT molecular complexity index is 623. The van der Waals surface area contributed by atoms with Crippen LogP contribution in [0.25, 0.3) is 5.69 Å². The third-order valence-corrected chi connectivity index (χ3v) is 2.55. The van der Waals surface area contributed by atoms with E-state index in [1.807, 2.05) is 0 Å². The predicted octanol–water partition coefficient (Wildman–Crippen LogP) is 2.77. The fraction of sp³-hybridized carbons (Fsp3) is 0.182. The van der Waals surface area contributed by atoms with E-state index < -0.39 is 41.6 Å². The van der Waals surface area contributed by atoms with Gasteiger partial charge in [0.1, 0.15) is 0 Å². The lowest BCUT2D eigenvalue weighted by atomic mass is 10.2. The number of hydrogen-bond donors (Lipinski definition) is 1. The molecule has 0 radical (unpaired) electrons. The van der Waals surface area contributed by atoms with Crippen LogP contribution in [0.15, 0.2) is 18.3 Å². The highest BCUT2D eigenvalue weighted by atomic mass is 19.4. The molecule has 2 rings (SSSR count). The van der Waals surface area contributed by atoms with Crippen molar-refractivity contribution in [2.45, 2.75) is 12.7 Å². The highest BCUT2D eigenvalue weighted by Crippen LogP contribution is 2.33. The van der Waals surface area contributed by atoms with Crippen LogP contribution < -0.4 is 5.73 Å². The molecular formula is C11H7F6N3. The minimum absolute atomic E-state index is 0.272. The smallest absolute Gasteiger partial charge is 0.326 e. The molecule has 1 heterocycles. The van der Waals surface area contributed by atoms with Crippen molar-refractivity contribution >= 4 is 0 Å². The Morgan fingerprint density at radius 3 is 2.10 bits per heavy atom. The Morgan fingerprint density at radius 2 is 1.65 bits per heavy atom. The van der Waals surface area contributed by atoms with Gasteiger partial charge in [0.25, 0.3) is 0 Å². The highest BCUT2D eigenvalue weighted by molar-refractivity contribution is 5.37. The summed E-state index contributed by atoms with van der Waals surface area (Å²) in [5, 5.41) is 3.40. The van der Waals surface area contributed by atoms with Gasteiger partial charge in [-0.3, -0.25) is 0 Å². The van der Waals surface area contributed by atoms with Crippen LogP contribution >= 0.6 is 0 Å². The van der Waals surface area contributed by atoms with Crippen molar-refractivity contribution in [1.82, 2.24) is 9.78 Å². The summed E-state index contributed by atoms with van der Waals surface area (Å²) in [6.07, 6.45) is -3.99. The molecule has 0 aliphatic rings. The van der Waals surface area contributed by atoms with E-state index in [-0.39, 0.29) is 10.2 Å². The molecule has 0 bridgehead atoms. The number of benzene rings is 1. The van der Waals surface area contributed by atoms with Crippen LogP contribution in [0.3, 0.4) is 0 Å². The van der Waals surface area contributed by atoms with Crippen LogP contribution in [-0.2, 0) is 12.7 Å². The molecular weight excluding hydrogens is 288 g/mol. The van der Waals surface area contributed by atoms with Gasteiger partial charge in [0.2, 0.25) is 0 Å². The molecule has 108 valence electrons. The summed E-state index contributed by atoms with van der Waals surface area (Å²) in [7, 11) is 0. The first-order chi connectivity index (χ1) is 9.25. The average molecular weight is 295 g/mol. The number of nitrogens with zero attached hydrogens (tertiary/aromatic N) is 2. The van der Waals surface area contributed by atoms with E-state index in [1.165, 1.54) is 0 Å². The topological polar surface area (TPSA) is 43.8 Å². The number of alkyl halides is 3. The molecule has 0 saturated heterocycles.